The Kier molecular flexibility index (Phi) is 7.79. The predicted molar refractivity (Wildman–Crippen MR) is 138 cm³/mol. The van der Waals surface area contributed by atoms with Crippen LogP contribution >= 0.6 is 11.3 Å². The van der Waals surface area contributed by atoms with E-state index in [1.54, 1.807) is 42.5 Å². The number of nitrogens with one attached hydrogen (secondary N) is 2. The van der Waals surface area contributed by atoms with Crippen LogP contribution in [0.2, 0.25) is 0 Å². The number of ether oxygens (including phenoxy) is 1. The second-order valence-corrected chi connectivity index (χ2v) is 9.31. The van der Waals surface area contributed by atoms with E-state index in [0.29, 0.717) is 28.4 Å². The average molecular weight is 493 g/mol. The van der Waals surface area contributed by atoms with Crippen molar-refractivity contribution in [2.24, 2.45) is 0 Å². The summed E-state index contributed by atoms with van der Waals surface area (Å²) in [5.74, 6) is -0.578. The Balaban J connectivity index is 1.26. The van der Waals surface area contributed by atoms with Crippen LogP contribution in [0.1, 0.15) is 27.0 Å². The maximum absolute atomic E-state index is 12.6. The number of hydrogen-bond acceptors (Lipinski definition) is 7. The Morgan fingerprint density at radius 1 is 0.971 bits per heavy atom. The fourth-order valence-corrected chi connectivity index (χ4v) is 4.63. The van der Waals surface area contributed by atoms with E-state index >= 15 is 0 Å². The first-order valence-corrected chi connectivity index (χ1v) is 12.2. The number of thiophene rings is 1. The van der Waals surface area contributed by atoms with Gasteiger partial charge in [0.25, 0.3) is 5.91 Å². The average Bonchev–Trinajstić information content (AvgIpc) is 3.41. The maximum atomic E-state index is 12.6. The van der Waals surface area contributed by atoms with Gasteiger partial charge in [0, 0.05) is 42.7 Å². The standard InChI is InChI=1S/C26H28N4O4S/c1-18-16-30(22-11-5-19(6-12-22)26(33)34-2)14-13-29(18)17-24(31)27-20-7-9-21(10-8-20)28-25(32)23-4-3-15-35-23/h3-12,15,18H,13-14,16-17H2,1-2H3,(H,27,31)(H,28,32). The lowest BCUT2D eigenvalue weighted by molar-refractivity contribution is -0.117. The van der Waals surface area contributed by atoms with Gasteiger partial charge in [0.15, 0.2) is 0 Å². The van der Waals surface area contributed by atoms with Gasteiger partial charge in [-0.15, -0.1) is 11.3 Å². The maximum Gasteiger partial charge on any atom is 0.337 e. The summed E-state index contributed by atoms with van der Waals surface area (Å²) in [5, 5.41) is 7.64. The van der Waals surface area contributed by atoms with Crippen LogP contribution in [0.25, 0.3) is 0 Å². The number of carbonyl (C=O) groups is 3. The quantitative estimate of drug-likeness (QED) is 0.486. The zero-order chi connectivity index (χ0) is 24.8. The van der Waals surface area contributed by atoms with Crippen molar-refractivity contribution in [1.82, 2.24) is 4.90 Å². The van der Waals surface area contributed by atoms with Gasteiger partial charge in [0.2, 0.25) is 5.91 Å². The second kappa shape index (κ2) is 11.2. The predicted octanol–water partition coefficient (Wildman–Crippen LogP) is 3.94. The third-order valence-corrected chi connectivity index (χ3v) is 6.81. The lowest BCUT2D eigenvalue weighted by Crippen LogP contribution is -2.53. The Morgan fingerprint density at radius 3 is 2.26 bits per heavy atom. The van der Waals surface area contributed by atoms with Crippen LogP contribution in [0.5, 0.6) is 0 Å². The van der Waals surface area contributed by atoms with E-state index in [1.807, 2.05) is 23.6 Å². The molecule has 1 aromatic heterocycles. The summed E-state index contributed by atoms with van der Waals surface area (Å²) < 4.78 is 4.75. The molecule has 2 N–H and O–H groups in total. The van der Waals surface area contributed by atoms with E-state index in [9.17, 15) is 14.4 Å². The van der Waals surface area contributed by atoms with Crippen LogP contribution in [0.15, 0.2) is 66.0 Å². The van der Waals surface area contributed by atoms with Crippen LogP contribution in [0, 0.1) is 0 Å². The van der Waals surface area contributed by atoms with Gasteiger partial charge >= 0.3 is 5.97 Å². The van der Waals surface area contributed by atoms with Crippen molar-refractivity contribution < 1.29 is 19.1 Å². The molecule has 0 aliphatic carbocycles. The number of hydrogen-bond donors (Lipinski definition) is 2. The number of anilines is 3. The van der Waals surface area contributed by atoms with Gasteiger partial charge in [-0.25, -0.2) is 4.79 Å². The highest BCUT2D eigenvalue weighted by Gasteiger charge is 2.25. The summed E-state index contributed by atoms with van der Waals surface area (Å²) in [5.41, 5.74) is 2.92. The molecule has 2 heterocycles. The molecule has 1 unspecified atom stereocenters. The molecular weight excluding hydrogens is 464 g/mol. The van der Waals surface area contributed by atoms with Gasteiger partial charge in [-0.2, -0.15) is 0 Å². The lowest BCUT2D eigenvalue weighted by atomic mass is 10.1. The highest BCUT2D eigenvalue weighted by atomic mass is 32.1. The normalized spacial score (nSPS) is 15.9. The van der Waals surface area contributed by atoms with E-state index in [0.717, 1.165) is 25.3 Å². The molecule has 3 aromatic rings. The number of nitrogens with zero attached hydrogens (tertiary/aromatic N) is 2. The highest BCUT2D eigenvalue weighted by molar-refractivity contribution is 7.12. The number of piperazine rings is 1. The van der Waals surface area contributed by atoms with Gasteiger partial charge in [0.05, 0.1) is 24.1 Å². The third-order valence-electron chi connectivity index (χ3n) is 5.94. The molecule has 4 rings (SSSR count). The molecule has 1 aliphatic rings. The van der Waals surface area contributed by atoms with Gasteiger partial charge in [-0.1, -0.05) is 6.07 Å². The minimum Gasteiger partial charge on any atom is -0.465 e. The highest BCUT2D eigenvalue weighted by Crippen LogP contribution is 2.21. The molecule has 0 saturated carbocycles. The smallest absolute Gasteiger partial charge is 0.337 e. The van der Waals surface area contributed by atoms with Gasteiger partial charge in [0.1, 0.15) is 0 Å². The number of carbonyl (C=O) groups excluding carboxylic acids is 3. The molecule has 1 atom stereocenters. The van der Waals surface area contributed by atoms with E-state index in [1.165, 1.54) is 18.4 Å². The first kappa shape index (κ1) is 24.4. The van der Waals surface area contributed by atoms with Crippen LogP contribution < -0.4 is 15.5 Å². The van der Waals surface area contributed by atoms with Gasteiger partial charge < -0.3 is 20.3 Å². The second-order valence-electron chi connectivity index (χ2n) is 8.36. The number of amides is 2. The zero-order valence-electron chi connectivity index (χ0n) is 19.7. The van der Waals surface area contributed by atoms with Crippen molar-refractivity contribution in [3.63, 3.8) is 0 Å². The largest absolute Gasteiger partial charge is 0.465 e. The van der Waals surface area contributed by atoms with E-state index in [-0.39, 0.29) is 23.8 Å². The van der Waals surface area contributed by atoms with Crippen molar-refractivity contribution in [2.75, 3.05) is 48.8 Å². The molecule has 9 heteroatoms. The van der Waals surface area contributed by atoms with Crippen molar-refractivity contribution in [2.45, 2.75) is 13.0 Å². The molecule has 1 saturated heterocycles. The van der Waals surface area contributed by atoms with Crippen LogP contribution in [-0.4, -0.2) is 62.0 Å². The Labute approximate surface area is 208 Å². The number of benzene rings is 2. The summed E-state index contributed by atoms with van der Waals surface area (Å²) in [4.78, 5) is 41.5. The van der Waals surface area contributed by atoms with Crippen LogP contribution in [0.3, 0.4) is 0 Å². The summed E-state index contributed by atoms with van der Waals surface area (Å²) in [6, 6.07) is 18.3. The van der Waals surface area contributed by atoms with Crippen LogP contribution in [0.4, 0.5) is 17.1 Å². The molecule has 1 fully saturated rings. The number of rotatable bonds is 7. The molecule has 0 spiro atoms. The van der Waals surface area contributed by atoms with Crippen LogP contribution in [-0.2, 0) is 9.53 Å². The first-order valence-electron chi connectivity index (χ1n) is 11.3. The topological polar surface area (TPSA) is 91.0 Å². The Morgan fingerprint density at radius 2 is 1.66 bits per heavy atom. The monoisotopic (exact) mass is 492 g/mol. The lowest BCUT2D eigenvalue weighted by Gasteiger charge is -2.40. The zero-order valence-corrected chi connectivity index (χ0v) is 20.5. The minimum atomic E-state index is -0.349. The Bertz CT molecular complexity index is 1160. The summed E-state index contributed by atoms with van der Waals surface area (Å²) >= 11 is 1.39. The SMILES string of the molecule is COC(=O)c1ccc(N2CCN(CC(=O)Nc3ccc(NC(=O)c4cccs4)cc3)C(C)C2)cc1. The number of methoxy groups -OCH3 is 1. The number of esters is 1. The molecule has 8 nitrogen and oxygen atoms in total. The minimum absolute atomic E-state index is 0.0805. The Hall–Kier alpha value is -3.69. The van der Waals surface area contributed by atoms with Gasteiger partial charge in [-0.3, -0.25) is 14.5 Å². The molecular formula is C26H28N4O4S. The fourth-order valence-electron chi connectivity index (χ4n) is 4.01. The van der Waals surface area contributed by atoms with E-state index in [4.69, 9.17) is 4.74 Å². The molecule has 182 valence electrons. The van der Waals surface area contributed by atoms with E-state index < -0.39 is 0 Å². The van der Waals surface area contributed by atoms with Crippen molar-refractivity contribution >= 4 is 46.2 Å². The molecule has 0 radical (unpaired) electrons. The summed E-state index contributed by atoms with van der Waals surface area (Å²) in [7, 11) is 1.37. The van der Waals surface area contributed by atoms with Gasteiger partial charge in [-0.05, 0) is 66.9 Å². The van der Waals surface area contributed by atoms with Crippen molar-refractivity contribution in [3.8, 4) is 0 Å². The van der Waals surface area contributed by atoms with Crippen molar-refractivity contribution in [3.05, 3.63) is 76.5 Å². The third kappa shape index (κ3) is 6.26. The van der Waals surface area contributed by atoms with E-state index in [2.05, 4.69) is 27.4 Å². The van der Waals surface area contributed by atoms with Crippen molar-refractivity contribution in [1.29, 1.82) is 0 Å². The first-order chi connectivity index (χ1) is 16.9. The molecule has 2 aromatic carbocycles. The molecule has 0 bridgehead atoms. The molecule has 35 heavy (non-hydrogen) atoms. The summed E-state index contributed by atoms with van der Waals surface area (Å²) in [6.07, 6.45) is 0. The fraction of sp³-hybridized carbons (Fsp3) is 0.269. The molecule has 2 amide bonds. The molecule has 1 aliphatic heterocycles. The summed E-state index contributed by atoms with van der Waals surface area (Å²) in [6.45, 7) is 4.72.